The van der Waals surface area contributed by atoms with Gasteiger partial charge in [-0.3, -0.25) is 9.59 Å². The Bertz CT molecular complexity index is 280. The molecule has 0 atom stereocenters. The predicted octanol–water partition coefficient (Wildman–Crippen LogP) is 1.55. The lowest BCUT2D eigenvalue weighted by molar-refractivity contribution is -0.150. The van der Waals surface area contributed by atoms with Crippen LogP contribution in [0.3, 0.4) is 0 Å². The summed E-state index contributed by atoms with van der Waals surface area (Å²) < 4.78 is 5.24. The SMILES string of the molecule is C=C(C)C(=O)NCC(=O)OC1CCCCC1. The minimum absolute atomic E-state index is 0.0444. The molecule has 1 fully saturated rings. The molecule has 0 aromatic carbocycles. The Morgan fingerprint density at radius 2 is 1.94 bits per heavy atom. The van der Waals surface area contributed by atoms with Crippen molar-refractivity contribution in [1.29, 1.82) is 0 Å². The minimum atomic E-state index is -0.360. The zero-order valence-electron chi connectivity index (χ0n) is 9.75. The highest BCUT2D eigenvalue weighted by Crippen LogP contribution is 2.20. The van der Waals surface area contributed by atoms with E-state index in [1.807, 2.05) is 0 Å². The van der Waals surface area contributed by atoms with E-state index in [-0.39, 0.29) is 24.5 Å². The van der Waals surface area contributed by atoms with Crippen molar-refractivity contribution in [3.8, 4) is 0 Å². The highest BCUT2D eigenvalue weighted by molar-refractivity contribution is 5.94. The van der Waals surface area contributed by atoms with Crippen LogP contribution in [0.4, 0.5) is 0 Å². The van der Waals surface area contributed by atoms with E-state index < -0.39 is 0 Å². The molecule has 1 rings (SSSR count). The highest BCUT2D eigenvalue weighted by Gasteiger charge is 2.17. The Hall–Kier alpha value is -1.32. The molecule has 1 amide bonds. The van der Waals surface area contributed by atoms with Crippen molar-refractivity contribution < 1.29 is 14.3 Å². The third-order valence-electron chi connectivity index (χ3n) is 2.63. The summed E-state index contributed by atoms with van der Waals surface area (Å²) in [5.41, 5.74) is 0.394. The lowest BCUT2D eigenvalue weighted by Gasteiger charge is -2.21. The first-order valence-electron chi connectivity index (χ1n) is 5.73. The van der Waals surface area contributed by atoms with Gasteiger partial charge < -0.3 is 10.1 Å². The molecule has 0 bridgehead atoms. The summed E-state index contributed by atoms with van der Waals surface area (Å²) in [6.45, 7) is 5.02. The van der Waals surface area contributed by atoms with Gasteiger partial charge in [0.15, 0.2) is 0 Å². The number of nitrogens with one attached hydrogen (secondary N) is 1. The molecule has 1 aliphatic carbocycles. The highest BCUT2D eigenvalue weighted by atomic mass is 16.5. The summed E-state index contributed by atoms with van der Waals surface area (Å²) in [6, 6.07) is 0. The molecule has 0 aromatic heterocycles. The molecule has 1 saturated carbocycles. The molecule has 0 aliphatic heterocycles. The minimum Gasteiger partial charge on any atom is -0.461 e. The molecule has 4 nitrogen and oxygen atoms in total. The average Bonchev–Trinajstić information content (AvgIpc) is 2.27. The van der Waals surface area contributed by atoms with Crippen LogP contribution in [0.1, 0.15) is 39.0 Å². The standard InChI is InChI=1S/C12H19NO3/c1-9(2)12(15)13-8-11(14)16-10-6-4-3-5-7-10/h10H,1,3-8H2,2H3,(H,13,15). The van der Waals surface area contributed by atoms with Gasteiger partial charge in [-0.05, 0) is 32.6 Å². The van der Waals surface area contributed by atoms with Crippen LogP contribution in [0.15, 0.2) is 12.2 Å². The summed E-state index contributed by atoms with van der Waals surface area (Å²) in [4.78, 5) is 22.5. The van der Waals surface area contributed by atoms with Crippen molar-refractivity contribution >= 4 is 11.9 Å². The summed E-state index contributed by atoms with van der Waals surface area (Å²) in [7, 11) is 0. The summed E-state index contributed by atoms with van der Waals surface area (Å²) in [5.74, 6) is -0.665. The van der Waals surface area contributed by atoms with Crippen LogP contribution in [0.25, 0.3) is 0 Å². The maximum absolute atomic E-state index is 11.4. The van der Waals surface area contributed by atoms with Crippen LogP contribution in [0, 0.1) is 0 Å². The number of ether oxygens (including phenoxy) is 1. The van der Waals surface area contributed by atoms with Crippen molar-refractivity contribution in [2.45, 2.75) is 45.1 Å². The van der Waals surface area contributed by atoms with Crippen LogP contribution in [-0.4, -0.2) is 24.5 Å². The van der Waals surface area contributed by atoms with Crippen LogP contribution < -0.4 is 5.32 Å². The lowest BCUT2D eigenvalue weighted by Crippen LogP contribution is -2.33. The van der Waals surface area contributed by atoms with Crippen LogP contribution in [0.5, 0.6) is 0 Å². The Labute approximate surface area is 96.0 Å². The van der Waals surface area contributed by atoms with Gasteiger partial charge in [0, 0.05) is 5.57 Å². The fourth-order valence-electron chi connectivity index (χ4n) is 1.71. The maximum Gasteiger partial charge on any atom is 0.325 e. The molecule has 16 heavy (non-hydrogen) atoms. The largest absolute Gasteiger partial charge is 0.461 e. The first-order chi connectivity index (χ1) is 7.59. The zero-order valence-corrected chi connectivity index (χ0v) is 9.75. The second kappa shape index (κ2) is 6.30. The van der Waals surface area contributed by atoms with Gasteiger partial charge in [0.1, 0.15) is 12.6 Å². The Morgan fingerprint density at radius 3 is 2.50 bits per heavy atom. The molecule has 0 heterocycles. The van der Waals surface area contributed by atoms with Gasteiger partial charge in [0.25, 0.3) is 0 Å². The van der Waals surface area contributed by atoms with E-state index >= 15 is 0 Å². The monoisotopic (exact) mass is 225 g/mol. The van der Waals surface area contributed by atoms with Crippen molar-refractivity contribution in [2.75, 3.05) is 6.54 Å². The van der Waals surface area contributed by atoms with Crippen molar-refractivity contribution in [3.63, 3.8) is 0 Å². The van der Waals surface area contributed by atoms with E-state index in [0.717, 1.165) is 25.7 Å². The Kier molecular flexibility index (Phi) is 5.02. The number of hydrogen-bond donors (Lipinski definition) is 1. The summed E-state index contributed by atoms with van der Waals surface area (Å²) in [6.07, 6.45) is 5.40. The fourth-order valence-corrected chi connectivity index (χ4v) is 1.71. The molecule has 4 heteroatoms. The van der Waals surface area contributed by atoms with Crippen molar-refractivity contribution in [1.82, 2.24) is 5.32 Å². The molecule has 90 valence electrons. The van der Waals surface area contributed by atoms with Crippen molar-refractivity contribution in [3.05, 3.63) is 12.2 Å². The number of esters is 1. The maximum atomic E-state index is 11.4. The van der Waals surface area contributed by atoms with Gasteiger partial charge in [-0.2, -0.15) is 0 Å². The van der Waals surface area contributed by atoms with E-state index in [2.05, 4.69) is 11.9 Å². The normalized spacial score (nSPS) is 16.6. The molecule has 1 N–H and O–H groups in total. The fraction of sp³-hybridized carbons (Fsp3) is 0.667. The van der Waals surface area contributed by atoms with E-state index in [4.69, 9.17) is 4.74 Å². The quantitative estimate of drug-likeness (QED) is 0.583. The Morgan fingerprint density at radius 1 is 1.31 bits per heavy atom. The summed E-state index contributed by atoms with van der Waals surface area (Å²) >= 11 is 0. The van der Waals surface area contributed by atoms with E-state index in [1.54, 1.807) is 6.92 Å². The summed E-state index contributed by atoms with van der Waals surface area (Å²) in [5, 5.41) is 2.46. The van der Waals surface area contributed by atoms with E-state index in [9.17, 15) is 9.59 Å². The molecule has 0 aromatic rings. The topological polar surface area (TPSA) is 55.4 Å². The first kappa shape index (κ1) is 12.7. The van der Waals surface area contributed by atoms with E-state index in [0.29, 0.717) is 5.57 Å². The van der Waals surface area contributed by atoms with Gasteiger partial charge in [0.2, 0.25) is 5.91 Å². The number of rotatable bonds is 4. The molecular formula is C12H19NO3. The third kappa shape index (κ3) is 4.47. The van der Waals surface area contributed by atoms with Gasteiger partial charge in [-0.1, -0.05) is 13.0 Å². The first-order valence-corrected chi connectivity index (χ1v) is 5.73. The molecule has 0 radical (unpaired) electrons. The Balaban J connectivity index is 2.19. The van der Waals surface area contributed by atoms with Gasteiger partial charge in [0.05, 0.1) is 0 Å². The number of hydrogen-bond acceptors (Lipinski definition) is 3. The van der Waals surface area contributed by atoms with Crippen LogP contribution >= 0.6 is 0 Å². The second-order valence-electron chi connectivity index (χ2n) is 4.21. The number of carbonyl (C=O) groups is 2. The number of amides is 1. The third-order valence-corrected chi connectivity index (χ3v) is 2.63. The zero-order chi connectivity index (χ0) is 12.0. The number of carbonyl (C=O) groups excluding carboxylic acids is 2. The predicted molar refractivity (Wildman–Crippen MR) is 60.8 cm³/mol. The molecule has 1 aliphatic rings. The van der Waals surface area contributed by atoms with Crippen LogP contribution in [0.2, 0.25) is 0 Å². The van der Waals surface area contributed by atoms with Crippen LogP contribution in [-0.2, 0) is 14.3 Å². The van der Waals surface area contributed by atoms with E-state index in [1.165, 1.54) is 6.42 Å². The van der Waals surface area contributed by atoms with Gasteiger partial charge in [-0.25, -0.2) is 0 Å². The lowest BCUT2D eigenvalue weighted by atomic mass is 9.98. The molecule has 0 unspecified atom stereocenters. The second-order valence-corrected chi connectivity index (χ2v) is 4.21. The average molecular weight is 225 g/mol. The molecule has 0 spiro atoms. The molecule has 0 saturated heterocycles. The smallest absolute Gasteiger partial charge is 0.325 e. The van der Waals surface area contributed by atoms with Gasteiger partial charge in [-0.15, -0.1) is 0 Å². The molecular weight excluding hydrogens is 206 g/mol. The van der Waals surface area contributed by atoms with Gasteiger partial charge >= 0.3 is 5.97 Å². The van der Waals surface area contributed by atoms with Crippen molar-refractivity contribution in [2.24, 2.45) is 0 Å².